The summed E-state index contributed by atoms with van der Waals surface area (Å²) < 4.78 is 1.78. The SMILES string of the molecule is CCCCCNc1nc(-c2ccccc2)nc(-n2ccnc2)n1. The highest BCUT2D eigenvalue weighted by molar-refractivity contribution is 5.56. The fraction of sp³-hybridized carbons (Fsp3) is 0.294. The number of imidazole rings is 1. The molecule has 0 radical (unpaired) electrons. The molecule has 0 fully saturated rings. The molecule has 3 rings (SSSR count). The van der Waals surface area contributed by atoms with Gasteiger partial charge in [0.1, 0.15) is 6.33 Å². The van der Waals surface area contributed by atoms with E-state index in [1.54, 1.807) is 17.1 Å². The van der Waals surface area contributed by atoms with Gasteiger partial charge in [0.25, 0.3) is 0 Å². The second-order valence-corrected chi connectivity index (χ2v) is 5.25. The summed E-state index contributed by atoms with van der Waals surface area (Å²) in [5.74, 6) is 1.82. The van der Waals surface area contributed by atoms with Gasteiger partial charge in [0, 0.05) is 24.5 Å². The van der Waals surface area contributed by atoms with Crippen molar-refractivity contribution in [2.75, 3.05) is 11.9 Å². The fourth-order valence-electron chi connectivity index (χ4n) is 2.23. The third-order valence-corrected chi connectivity index (χ3v) is 3.45. The van der Waals surface area contributed by atoms with E-state index in [2.05, 4.69) is 32.2 Å². The quantitative estimate of drug-likeness (QED) is 0.678. The third kappa shape index (κ3) is 3.91. The van der Waals surface area contributed by atoms with Crippen LogP contribution in [0.5, 0.6) is 0 Å². The molecule has 1 N–H and O–H groups in total. The minimum absolute atomic E-state index is 0.564. The van der Waals surface area contributed by atoms with Crippen molar-refractivity contribution in [3.8, 4) is 17.3 Å². The molecule has 0 bridgehead atoms. The molecule has 1 aromatic carbocycles. The summed E-state index contributed by atoms with van der Waals surface area (Å²) in [5.41, 5.74) is 0.966. The van der Waals surface area contributed by atoms with Gasteiger partial charge in [-0.05, 0) is 6.42 Å². The number of aromatic nitrogens is 5. The molecule has 6 heteroatoms. The van der Waals surface area contributed by atoms with Crippen LogP contribution < -0.4 is 5.32 Å². The van der Waals surface area contributed by atoms with E-state index in [0.717, 1.165) is 18.5 Å². The molecule has 0 amide bonds. The Kier molecular flexibility index (Phi) is 4.93. The second-order valence-electron chi connectivity index (χ2n) is 5.25. The Hall–Kier alpha value is -2.76. The van der Waals surface area contributed by atoms with Crippen LogP contribution in [-0.2, 0) is 0 Å². The van der Waals surface area contributed by atoms with Crippen molar-refractivity contribution >= 4 is 5.95 Å². The minimum Gasteiger partial charge on any atom is -0.354 e. The van der Waals surface area contributed by atoms with Gasteiger partial charge in [0.05, 0.1) is 0 Å². The Morgan fingerprint density at radius 3 is 2.65 bits per heavy atom. The van der Waals surface area contributed by atoms with Crippen LogP contribution in [0.2, 0.25) is 0 Å². The van der Waals surface area contributed by atoms with Gasteiger partial charge in [0.15, 0.2) is 5.82 Å². The number of hydrogen-bond acceptors (Lipinski definition) is 5. The van der Waals surface area contributed by atoms with Crippen molar-refractivity contribution in [2.45, 2.75) is 26.2 Å². The molecule has 0 aliphatic heterocycles. The average Bonchev–Trinajstić information content (AvgIpc) is 3.14. The predicted octanol–water partition coefficient (Wildman–Crippen LogP) is 3.33. The Bertz CT molecular complexity index is 724. The number of anilines is 1. The summed E-state index contributed by atoms with van der Waals surface area (Å²) in [5, 5.41) is 3.30. The summed E-state index contributed by atoms with van der Waals surface area (Å²) in [7, 11) is 0. The van der Waals surface area contributed by atoms with Crippen LogP contribution in [0.4, 0.5) is 5.95 Å². The topological polar surface area (TPSA) is 68.5 Å². The Labute approximate surface area is 135 Å². The van der Waals surface area contributed by atoms with Crippen LogP contribution in [0.15, 0.2) is 49.1 Å². The largest absolute Gasteiger partial charge is 0.354 e. The lowest BCUT2D eigenvalue weighted by molar-refractivity contribution is 0.739. The first-order valence-corrected chi connectivity index (χ1v) is 7.90. The first-order chi connectivity index (χ1) is 11.4. The summed E-state index contributed by atoms with van der Waals surface area (Å²) in [4.78, 5) is 17.6. The van der Waals surface area contributed by atoms with Crippen LogP contribution in [-0.4, -0.2) is 31.0 Å². The van der Waals surface area contributed by atoms with Crippen LogP contribution in [0.25, 0.3) is 17.3 Å². The molecule has 0 aliphatic rings. The third-order valence-electron chi connectivity index (χ3n) is 3.45. The zero-order valence-electron chi connectivity index (χ0n) is 13.2. The van der Waals surface area contributed by atoms with Gasteiger partial charge < -0.3 is 5.32 Å². The molecule has 3 aromatic rings. The standard InChI is InChI=1S/C17H20N6/c1-2-3-7-10-19-16-20-15(14-8-5-4-6-9-14)21-17(22-16)23-12-11-18-13-23/h4-6,8-9,11-13H,2-3,7,10H2,1H3,(H,19,20,21,22). The zero-order chi connectivity index (χ0) is 15.9. The molecule has 0 saturated carbocycles. The summed E-state index contributed by atoms with van der Waals surface area (Å²) in [6.45, 7) is 3.04. The van der Waals surface area contributed by atoms with E-state index in [1.807, 2.05) is 36.5 Å². The zero-order valence-corrected chi connectivity index (χ0v) is 13.2. The Balaban J connectivity index is 1.91. The van der Waals surface area contributed by atoms with E-state index in [4.69, 9.17) is 0 Å². The van der Waals surface area contributed by atoms with Gasteiger partial charge in [-0.3, -0.25) is 4.57 Å². The maximum absolute atomic E-state index is 4.55. The summed E-state index contributed by atoms with van der Waals surface area (Å²) >= 11 is 0. The van der Waals surface area contributed by atoms with Crippen molar-refractivity contribution in [3.05, 3.63) is 49.1 Å². The average molecular weight is 308 g/mol. The van der Waals surface area contributed by atoms with E-state index in [9.17, 15) is 0 Å². The van der Waals surface area contributed by atoms with Gasteiger partial charge in [-0.2, -0.15) is 15.0 Å². The monoisotopic (exact) mass is 308 g/mol. The number of nitrogens with one attached hydrogen (secondary N) is 1. The normalized spacial score (nSPS) is 10.7. The van der Waals surface area contributed by atoms with Crippen LogP contribution in [0, 0.1) is 0 Å². The lowest BCUT2D eigenvalue weighted by Crippen LogP contribution is -2.10. The number of rotatable bonds is 7. The smallest absolute Gasteiger partial charge is 0.240 e. The van der Waals surface area contributed by atoms with Gasteiger partial charge in [-0.1, -0.05) is 50.1 Å². The number of nitrogens with zero attached hydrogens (tertiary/aromatic N) is 5. The second kappa shape index (κ2) is 7.49. The number of benzene rings is 1. The molecule has 0 aliphatic carbocycles. The summed E-state index contributed by atoms with van der Waals surface area (Å²) in [6.07, 6.45) is 8.70. The van der Waals surface area contributed by atoms with Gasteiger partial charge in [-0.15, -0.1) is 0 Å². The number of hydrogen-bond donors (Lipinski definition) is 1. The van der Waals surface area contributed by atoms with Crippen molar-refractivity contribution < 1.29 is 0 Å². The molecule has 23 heavy (non-hydrogen) atoms. The minimum atomic E-state index is 0.564. The lowest BCUT2D eigenvalue weighted by atomic mass is 10.2. The van der Waals surface area contributed by atoms with Crippen LogP contribution in [0.1, 0.15) is 26.2 Å². The Morgan fingerprint density at radius 1 is 1.04 bits per heavy atom. The highest BCUT2D eigenvalue weighted by atomic mass is 15.2. The van der Waals surface area contributed by atoms with E-state index < -0.39 is 0 Å². The molecular formula is C17H20N6. The van der Waals surface area contributed by atoms with Crippen molar-refractivity contribution in [2.24, 2.45) is 0 Å². The molecule has 0 atom stereocenters. The van der Waals surface area contributed by atoms with Gasteiger partial charge in [-0.25, -0.2) is 4.98 Å². The molecule has 0 saturated heterocycles. The first-order valence-electron chi connectivity index (χ1n) is 7.90. The molecular weight excluding hydrogens is 288 g/mol. The maximum Gasteiger partial charge on any atom is 0.240 e. The van der Waals surface area contributed by atoms with E-state index in [1.165, 1.54) is 12.8 Å². The highest BCUT2D eigenvalue weighted by Gasteiger charge is 2.09. The maximum atomic E-state index is 4.55. The Morgan fingerprint density at radius 2 is 1.91 bits per heavy atom. The molecule has 0 spiro atoms. The van der Waals surface area contributed by atoms with E-state index >= 15 is 0 Å². The van der Waals surface area contributed by atoms with E-state index in [-0.39, 0.29) is 0 Å². The summed E-state index contributed by atoms with van der Waals surface area (Å²) in [6, 6.07) is 9.92. The predicted molar refractivity (Wildman–Crippen MR) is 90.4 cm³/mol. The van der Waals surface area contributed by atoms with E-state index in [0.29, 0.717) is 17.7 Å². The molecule has 118 valence electrons. The van der Waals surface area contributed by atoms with Crippen molar-refractivity contribution in [1.82, 2.24) is 24.5 Å². The fourth-order valence-corrected chi connectivity index (χ4v) is 2.23. The number of unbranched alkanes of at least 4 members (excludes halogenated alkanes) is 2. The molecule has 2 aromatic heterocycles. The first kappa shape index (κ1) is 15.1. The van der Waals surface area contributed by atoms with Crippen LogP contribution in [0.3, 0.4) is 0 Å². The lowest BCUT2D eigenvalue weighted by Gasteiger charge is -2.09. The van der Waals surface area contributed by atoms with Gasteiger partial charge >= 0.3 is 0 Å². The van der Waals surface area contributed by atoms with Gasteiger partial charge in [0.2, 0.25) is 11.9 Å². The van der Waals surface area contributed by atoms with Crippen molar-refractivity contribution in [1.29, 1.82) is 0 Å². The highest BCUT2D eigenvalue weighted by Crippen LogP contribution is 2.17. The molecule has 6 nitrogen and oxygen atoms in total. The van der Waals surface area contributed by atoms with Crippen LogP contribution >= 0.6 is 0 Å². The van der Waals surface area contributed by atoms with Crippen molar-refractivity contribution in [3.63, 3.8) is 0 Å². The molecule has 2 heterocycles. The molecule has 0 unspecified atom stereocenters.